The average molecular weight is 293 g/mol. The molecule has 0 aromatic rings. The van der Waals surface area contributed by atoms with E-state index in [1.165, 1.54) is 83.8 Å². The van der Waals surface area contributed by atoms with Crippen LogP contribution in [0.3, 0.4) is 0 Å². The van der Waals surface area contributed by atoms with E-state index in [4.69, 9.17) is 0 Å². The number of nitrogens with zero attached hydrogens (tertiary/aromatic N) is 1. The number of hydrogen-bond acceptors (Lipinski definition) is 2. The minimum Gasteiger partial charge on any atom is -0.308 e. The molecule has 1 atom stereocenters. The molecule has 2 aliphatic carbocycles. The van der Waals surface area contributed by atoms with Crippen molar-refractivity contribution in [3.63, 3.8) is 0 Å². The summed E-state index contributed by atoms with van der Waals surface area (Å²) in [5, 5.41) is 3.95. The van der Waals surface area contributed by atoms with Gasteiger partial charge in [0.1, 0.15) is 0 Å². The first-order chi connectivity index (χ1) is 10.2. The molecule has 0 bridgehead atoms. The van der Waals surface area contributed by atoms with Crippen LogP contribution in [0.5, 0.6) is 0 Å². The standard InChI is InChI=1S/C19H36N2/c1-16(2)18-14-20-19(11-6-7-12-19)15-21(18)13-10-17-8-4-3-5-9-17/h16-18,20H,3-15H2,1-2H3. The van der Waals surface area contributed by atoms with Gasteiger partial charge in [0.2, 0.25) is 0 Å². The fourth-order valence-electron chi connectivity index (χ4n) is 5.13. The highest BCUT2D eigenvalue weighted by molar-refractivity contribution is 5.01. The molecule has 0 amide bonds. The van der Waals surface area contributed by atoms with Crippen LogP contribution in [0.1, 0.15) is 78.1 Å². The smallest absolute Gasteiger partial charge is 0.0309 e. The van der Waals surface area contributed by atoms with E-state index in [0.29, 0.717) is 5.54 Å². The highest BCUT2D eigenvalue weighted by Gasteiger charge is 2.41. The molecule has 1 aliphatic heterocycles. The van der Waals surface area contributed by atoms with E-state index in [-0.39, 0.29) is 0 Å². The lowest BCUT2D eigenvalue weighted by Gasteiger charge is -2.48. The van der Waals surface area contributed by atoms with Gasteiger partial charge in [0.05, 0.1) is 0 Å². The van der Waals surface area contributed by atoms with Crippen molar-refractivity contribution in [3.8, 4) is 0 Å². The third-order valence-electron chi connectivity index (χ3n) is 6.54. The zero-order chi connectivity index (χ0) is 14.7. The Labute approximate surface area is 132 Å². The van der Waals surface area contributed by atoms with E-state index in [9.17, 15) is 0 Å². The van der Waals surface area contributed by atoms with Crippen molar-refractivity contribution in [2.75, 3.05) is 19.6 Å². The molecule has 122 valence electrons. The van der Waals surface area contributed by atoms with Gasteiger partial charge >= 0.3 is 0 Å². The highest BCUT2D eigenvalue weighted by Crippen LogP contribution is 2.35. The maximum Gasteiger partial charge on any atom is 0.0309 e. The van der Waals surface area contributed by atoms with Gasteiger partial charge in [-0.15, -0.1) is 0 Å². The maximum atomic E-state index is 3.95. The molecule has 2 saturated carbocycles. The summed E-state index contributed by atoms with van der Waals surface area (Å²) in [4.78, 5) is 2.88. The Morgan fingerprint density at radius 1 is 1.05 bits per heavy atom. The van der Waals surface area contributed by atoms with Gasteiger partial charge in [0, 0.05) is 24.7 Å². The molecule has 1 heterocycles. The van der Waals surface area contributed by atoms with Crippen LogP contribution in [0.4, 0.5) is 0 Å². The van der Waals surface area contributed by atoms with E-state index in [0.717, 1.165) is 17.9 Å². The Hall–Kier alpha value is -0.0800. The van der Waals surface area contributed by atoms with Crippen molar-refractivity contribution in [1.82, 2.24) is 10.2 Å². The Morgan fingerprint density at radius 2 is 1.76 bits per heavy atom. The topological polar surface area (TPSA) is 15.3 Å². The molecule has 0 aromatic heterocycles. The summed E-state index contributed by atoms with van der Waals surface area (Å²) in [6.45, 7) is 8.72. The molecule has 1 N–H and O–H groups in total. The van der Waals surface area contributed by atoms with Crippen molar-refractivity contribution in [2.45, 2.75) is 89.6 Å². The van der Waals surface area contributed by atoms with E-state index in [2.05, 4.69) is 24.1 Å². The number of hydrogen-bond donors (Lipinski definition) is 1. The Balaban J connectivity index is 1.57. The number of piperazine rings is 1. The van der Waals surface area contributed by atoms with Gasteiger partial charge in [0.15, 0.2) is 0 Å². The van der Waals surface area contributed by atoms with Gasteiger partial charge < -0.3 is 5.32 Å². The predicted molar refractivity (Wildman–Crippen MR) is 90.6 cm³/mol. The normalized spacial score (nSPS) is 31.3. The summed E-state index contributed by atoms with van der Waals surface area (Å²) in [6.07, 6.45) is 14.6. The van der Waals surface area contributed by atoms with E-state index < -0.39 is 0 Å². The third kappa shape index (κ3) is 3.82. The van der Waals surface area contributed by atoms with E-state index >= 15 is 0 Å². The van der Waals surface area contributed by atoms with Crippen molar-refractivity contribution >= 4 is 0 Å². The second-order valence-electron chi connectivity index (χ2n) is 8.44. The molecule has 3 fully saturated rings. The predicted octanol–water partition coefficient (Wildman–Crippen LogP) is 4.20. The summed E-state index contributed by atoms with van der Waals surface area (Å²) >= 11 is 0. The summed E-state index contributed by atoms with van der Waals surface area (Å²) in [6, 6.07) is 0.764. The van der Waals surface area contributed by atoms with Crippen LogP contribution >= 0.6 is 0 Å². The fourth-order valence-corrected chi connectivity index (χ4v) is 5.13. The Kier molecular flexibility index (Phi) is 5.27. The lowest BCUT2D eigenvalue weighted by atomic mass is 9.85. The quantitative estimate of drug-likeness (QED) is 0.835. The minimum absolute atomic E-state index is 0.484. The SMILES string of the molecule is CC(C)C1CNC2(CCCC2)CN1CCC1CCCCC1. The van der Waals surface area contributed by atoms with E-state index in [1.54, 1.807) is 0 Å². The van der Waals surface area contributed by atoms with Crippen LogP contribution in [0.25, 0.3) is 0 Å². The first-order valence-electron chi connectivity index (χ1n) is 9.68. The van der Waals surface area contributed by atoms with Crippen molar-refractivity contribution in [2.24, 2.45) is 11.8 Å². The van der Waals surface area contributed by atoms with Crippen molar-refractivity contribution in [3.05, 3.63) is 0 Å². The monoisotopic (exact) mass is 292 g/mol. The molecule has 1 saturated heterocycles. The molecule has 0 radical (unpaired) electrons. The molecule has 3 aliphatic rings. The fraction of sp³-hybridized carbons (Fsp3) is 1.00. The van der Waals surface area contributed by atoms with Crippen LogP contribution in [0.15, 0.2) is 0 Å². The second kappa shape index (κ2) is 7.00. The lowest BCUT2D eigenvalue weighted by Crippen LogP contribution is -2.64. The van der Waals surface area contributed by atoms with E-state index in [1.807, 2.05) is 0 Å². The summed E-state index contributed by atoms with van der Waals surface area (Å²) in [5.41, 5.74) is 0.484. The largest absolute Gasteiger partial charge is 0.308 e. The minimum atomic E-state index is 0.484. The zero-order valence-corrected chi connectivity index (χ0v) is 14.4. The van der Waals surface area contributed by atoms with Crippen LogP contribution in [0, 0.1) is 11.8 Å². The molecular formula is C19H36N2. The summed E-state index contributed by atoms with van der Waals surface area (Å²) < 4.78 is 0. The van der Waals surface area contributed by atoms with Gasteiger partial charge in [-0.2, -0.15) is 0 Å². The van der Waals surface area contributed by atoms with Crippen molar-refractivity contribution < 1.29 is 0 Å². The highest BCUT2D eigenvalue weighted by atomic mass is 15.3. The molecule has 0 aromatic carbocycles. The molecular weight excluding hydrogens is 256 g/mol. The maximum absolute atomic E-state index is 3.95. The van der Waals surface area contributed by atoms with Gasteiger partial charge in [-0.25, -0.2) is 0 Å². The van der Waals surface area contributed by atoms with Crippen LogP contribution in [0.2, 0.25) is 0 Å². The van der Waals surface area contributed by atoms with Gasteiger partial charge in [-0.3, -0.25) is 4.90 Å². The molecule has 2 nitrogen and oxygen atoms in total. The molecule has 2 heteroatoms. The first-order valence-corrected chi connectivity index (χ1v) is 9.68. The molecule has 1 unspecified atom stereocenters. The van der Waals surface area contributed by atoms with Crippen LogP contribution in [-0.2, 0) is 0 Å². The van der Waals surface area contributed by atoms with Gasteiger partial charge in [-0.1, -0.05) is 58.8 Å². The van der Waals surface area contributed by atoms with Crippen LogP contribution in [-0.4, -0.2) is 36.1 Å². The second-order valence-corrected chi connectivity index (χ2v) is 8.44. The molecule has 21 heavy (non-hydrogen) atoms. The first kappa shape index (κ1) is 15.8. The van der Waals surface area contributed by atoms with Crippen molar-refractivity contribution in [1.29, 1.82) is 0 Å². The van der Waals surface area contributed by atoms with Gasteiger partial charge in [-0.05, 0) is 37.6 Å². The molecule has 1 spiro atoms. The number of nitrogens with one attached hydrogen (secondary N) is 1. The zero-order valence-electron chi connectivity index (χ0n) is 14.4. The summed E-state index contributed by atoms with van der Waals surface area (Å²) in [7, 11) is 0. The molecule has 3 rings (SSSR count). The average Bonchev–Trinajstić information content (AvgIpc) is 2.94. The Morgan fingerprint density at radius 3 is 2.43 bits per heavy atom. The lowest BCUT2D eigenvalue weighted by molar-refractivity contribution is 0.0508. The third-order valence-corrected chi connectivity index (χ3v) is 6.54. The Bertz CT molecular complexity index is 314. The van der Waals surface area contributed by atoms with Crippen LogP contribution < -0.4 is 5.32 Å². The number of rotatable bonds is 4. The summed E-state index contributed by atoms with van der Waals surface area (Å²) in [5.74, 6) is 1.81. The van der Waals surface area contributed by atoms with Gasteiger partial charge in [0.25, 0.3) is 0 Å².